The summed E-state index contributed by atoms with van der Waals surface area (Å²) in [5.74, 6) is -1.73. The molecule has 26 heavy (non-hydrogen) atoms. The van der Waals surface area contributed by atoms with Crippen LogP contribution in [0.1, 0.15) is 30.6 Å². The Morgan fingerprint density at radius 1 is 1.42 bits per heavy atom. The summed E-state index contributed by atoms with van der Waals surface area (Å²) in [6, 6.07) is 4.77. The Balaban J connectivity index is 2.13. The molecular weight excluding hydrogens is 340 g/mol. The molecular formula is C18H24N2O6. The van der Waals surface area contributed by atoms with Crippen LogP contribution in [-0.4, -0.2) is 60.7 Å². The number of aliphatic carboxylic acids is 1. The van der Waals surface area contributed by atoms with Crippen molar-refractivity contribution >= 4 is 23.5 Å². The Labute approximate surface area is 152 Å². The first-order chi connectivity index (χ1) is 12.4. The molecule has 0 fully saturated rings. The van der Waals surface area contributed by atoms with Gasteiger partial charge in [0.05, 0.1) is 11.6 Å². The molecule has 0 bridgehead atoms. The highest BCUT2D eigenvalue weighted by Crippen LogP contribution is 2.29. The van der Waals surface area contributed by atoms with Gasteiger partial charge in [-0.25, -0.2) is 0 Å². The number of benzene rings is 1. The molecule has 1 aliphatic rings. The lowest BCUT2D eigenvalue weighted by Crippen LogP contribution is -2.38. The zero-order valence-corrected chi connectivity index (χ0v) is 15.0. The Bertz CT molecular complexity index is 676. The van der Waals surface area contributed by atoms with E-state index in [-0.39, 0.29) is 25.0 Å². The van der Waals surface area contributed by atoms with E-state index in [0.29, 0.717) is 43.2 Å². The molecule has 2 rings (SSSR count). The quantitative estimate of drug-likeness (QED) is 0.645. The third-order valence-corrected chi connectivity index (χ3v) is 3.99. The van der Waals surface area contributed by atoms with Crippen molar-refractivity contribution < 1.29 is 29.0 Å². The molecule has 1 aromatic rings. The smallest absolute Gasteiger partial charge is 0.308 e. The lowest BCUT2D eigenvalue weighted by molar-refractivity contribution is -0.141. The topological polar surface area (TPSA) is 105 Å². The largest absolute Gasteiger partial charge is 0.482 e. The predicted octanol–water partition coefficient (Wildman–Crippen LogP) is 1.61. The Morgan fingerprint density at radius 2 is 2.19 bits per heavy atom. The van der Waals surface area contributed by atoms with Crippen LogP contribution in [0.25, 0.3) is 0 Å². The Hall–Kier alpha value is -2.61. The summed E-state index contributed by atoms with van der Waals surface area (Å²) in [5.41, 5.74) is 0.897. The monoisotopic (exact) mass is 364 g/mol. The van der Waals surface area contributed by atoms with Gasteiger partial charge in [-0.15, -0.1) is 0 Å². The fourth-order valence-corrected chi connectivity index (χ4v) is 2.58. The van der Waals surface area contributed by atoms with Crippen molar-refractivity contribution in [2.24, 2.45) is 5.92 Å². The molecule has 8 heteroatoms. The predicted molar refractivity (Wildman–Crippen MR) is 94.4 cm³/mol. The van der Waals surface area contributed by atoms with Crippen LogP contribution >= 0.6 is 0 Å². The lowest BCUT2D eigenvalue weighted by atomic mass is 10.1. The first-order valence-corrected chi connectivity index (χ1v) is 8.59. The van der Waals surface area contributed by atoms with Gasteiger partial charge in [0.1, 0.15) is 5.75 Å². The minimum atomic E-state index is -0.955. The van der Waals surface area contributed by atoms with Gasteiger partial charge in [-0.3, -0.25) is 14.4 Å². The van der Waals surface area contributed by atoms with E-state index < -0.39 is 11.9 Å². The van der Waals surface area contributed by atoms with Gasteiger partial charge in [0.2, 0.25) is 0 Å². The van der Waals surface area contributed by atoms with Crippen LogP contribution in [0, 0.1) is 5.92 Å². The van der Waals surface area contributed by atoms with Gasteiger partial charge in [-0.2, -0.15) is 0 Å². The minimum absolute atomic E-state index is 0.0984. The van der Waals surface area contributed by atoms with Crippen molar-refractivity contribution in [2.75, 3.05) is 38.2 Å². The van der Waals surface area contributed by atoms with Crippen LogP contribution in [0.5, 0.6) is 5.75 Å². The van der Waals surface area contributed by atoms with E-state index in [2.05, 4.69) is 5.32 Å². The van der Waals surface area contributed by atoms with E-state index in [1.807, 2.05) is 6.92 Å². The maximum absolute atomic E-state index is 12.9. The maximum Gasteiger partial charge on any atom is 0.308 e. The molecule has 2 amide bonds. The number of anilines is 1. The van der Waals surface area contributed by atoms with Gasteiger partial charge < -0.3 is 24.8 Å². The molecule has 0 radical (unpaired) electrons. The average molecular weight is 364 g/mol. The Kier molecular flexibility index (Phi) is 6.97. The molecule has 1 aromatic carbocycles. The molecule has 1 atom stereocenters. The molecule has 0 aliphatic carbocycles. The van der Waals surface area contributed by atoms with E-state index in [0.717, 1.165) is 0 Å². The zero-order valence-electron chi connectivity index (χ0n) is 15.0. The zero-order chi connectivity index (χ0) is 19.1. The molecule has 0 aromatic heterocycles. The van der Waals surface area contributed by atoms with Gasteiger partial charge in [-0.1, -0.05) is 6.92 Å². The molecule has 1 unspecified atom stereocenters. The summed E-state index contributed by atoms with van der Waals surface area (Å²) < 4.78 is 10.6. The number of carbonyl (C=O) groups excluding carboxylic acids is 2. The van der Waals surface area contributed by atoms with Gasteiger partial charge in [0, 0.05) is 31.9 Å². The number of hydrogen-bond donors (Lipinski definition) is 2. The fourth-order valence-electron chi connectivity index (χ4n) is 2.58. The number of ether oxygens (including phenoxy) is 2. The third-order valence-electron chi connectivity index (χ3n) is 3.99. The number of nitrogens with zero attached hydrogens (tertiary/aromatic N) is 1. The molecule has 0 saturated heterocycles. The summed E-state index contributed by atoms with van der Waals surface area (Å²) in [6.07, 6.45) is 0.615. The summed E-state index contributed by atoms with van der Waals surface area (Å²) in [4.78, 5) is 36.9. The van der Waals surface area contributed by atoms with E-state index >= 15 is 0 Å². The number of carboxylic acid groups (broad SMARTS) is 1. The number of carboxylic acids is 1. The number of hydrogen-bond acceptors (Lipinski definition) is 5. The highest BCUT2D eigenvalue weighted by molar-refractivity contribution is 5.99. The second-order valence-electron chi connectivity index (χ2n) is 6.09. The number of carbonyl (C=O) groups is 3. The van der Waals surface area contributed by atoms with Crippen molar-refractivity contribution in [3.05, 3.63) is 23.8 Å². The summed E-state index contributed by atoms with van der Waals surface area (Å²) in [5, 5.41) is 11.8. The molecule has 8 nitrogen and oxygen atoms in total. The molecule has 0 saturated carbocycles. The standard InChI is InChI=1S/C18H24N2O6/c1-3-25-8-4-7-20(10-12(2)18(23)24)17(22)13-5-6-14-15(9-13)26-11-16(21)19-14/h5-6,9,12H,3-4,7-8,10-11H2,1-2H3,(H,19,21)(H,23,24). The van der Waals surface area contributed by atoms with Crippen molar-refractivity contribution in [2.45, 2.75) is 20.3 Å². The number of amides is 2. The number of nitrogens with one attached hydrogen (secondary N) is 1. The van der Waals surface area contributed by atoms with Crippen molar-refractivity contribution in [1.29, 1.82) is 0 Å². The number of fused-ring (bicyclic) bond motifs is 1. The molecule has 142 valence electrons. The van der Waals surface area contributed by atoms with E-state index in [9.17, 15) is 14.4 Å². The SMILES string of the molecule is CCOCCCN(CC(C)C(=O)O)C(=O)c1ccc2c(c1)OCC(=O)N2. The van der Waals surface area contributed by atoms with E-state index in [4.69, 9.17) is 14.6 Å². The Morgan fingerprint density at radius 3 is 2.88 bits per heavy atom. The summed E-state index contributed by atoms with van der Waals surface area (Å²) in [6.45, 7) is 4.95. The van der Waals surface area contributed by atoms with Gasteiger partial charge in [0.15, 0.2) is 6.61 Å². The van der Waals surface area contributed by atoms with Gasteiger partial charge in [0.25, 0.3) is 11.8 Å². The average Bonchev–Trinajstić information content (AvgIpc) is 2.62. The highest BCUT2D eigenvalue weighted by Gasteiger charge is 2.23. The van der Waals surface area contributed by atoms with Gasteiger partial charge >= 0.3 is 5.97 Å². The molecule has 1 heterocycles. The first-order valence-electron chi connectivity index (χ1n) is 8.59. The van der Waals surface area contributed by atoms with Gasteiger partial charge in [-0.05, 0) is 31.5 Å². The van der Waals surface area contributed by atoms with Crippen LogP contribution in [-0.2, 0) is 14.3 Å². The minimum Gasteiger partial charge on any atom is -0.482 e. The molecule has 1 aliphatic heterocycles. The maximum atomic E-state index is 12.9. The van der Waals surface area contributed by atoms with Crippen molar-refractivity contribution in [3.63, 3.8) is 0 Å². The highest BCUT2D eigenvalue weighted by atomic mass is 16.5. The first kappa shape index (κ1) is 19.7. The van der Waals surface area contributed by atoms with Crippen molar-refractivity contribution in [3.8, 4) is 5.75 Å². The van der Waals surface area contributed by atoms with Crippen molar-refractivity contribution in [1.82, 2.24) is 4.90 Å². The number of rotatable bonds is 9. The third kappa shape index (κ3) is 5.19. The summed E-state index contributed by atoms with van der Waals surface area (Å²) in [7, 11) is 0. The molecule has 0 spiro atoms. The molecule has 2 N–H and O–H groups in total. The van der Waals surface area contributed by atoms with E-state index in [1.54, 1.807) is 25.1 Å². The van der Waals surface area contributed by atoms with E-state index in [1.165, 1.54) is 4.90 Å². The van der Waals surface area contributed by atoms with Crippen LogP contribution in [0.3, 0.4) is 0 Å². The normalized spacial score (nSPS) is 14.0. The van der Waals surface area contributed by atoms with Crippen LogP contribution < -0.4 is 10.1 Å². The fraction of sp³-hybridized carbons (Fsp3) is 0.500. The second kappa shape index (κ2) is 9.19. The van der Waals surface area contributed by atoms with Crippen LogP contribution in [0.2, 0.25) is 0 Å². The summed E-state index contributed by atoms with van der Waals surface area (Å²) >= 11 is 0. The lowest BCUT2D eigenvalue weighted by Gasteiger charge is -2.25. The van der Waals surface area contributed by atoms with Crippen LogP contribution in [0.4, 0.5) is 5.69 Å². The van der Waals surface area contributed by atoms with Crippen LogP contribution in [0.15, 0.2) is 18.2 Å². The second-order valence-corrected chi connectivity index (χ2v) is 6.09.